The third kappa shape index (κ3) is 3.92. The van der Waals surface area contributed by atoms with Gasteiger partial charge in [-0.05, 0) is 110 Å². The molecule has 1 aromatic rings. The smallest absolute Gasteiger partial charge is 0.406 e. The van der Waals surface area contributed by atoms with Crippen LogP contribution in [0.2, 0.25) is 0 Å². The van der Waals surface area contributed by atoms with E-state index in [1.165, 1.54) is 12.1 Å². The highest BCUT2D eigenvalue weighted by Gasteiger charge is 2.61. The van der Waals surface area contributed by atoms with E-state index in [-0.39, 0.29) is 28.5 Å². The maximum atomic E-state index is 13.5. The second-order valence-electron chi connectivity index (χ2n) is 11.4. The summed E-state index contributed by atoms with van der Waals surface area (Å²) in [7, 11) is 0. The molecular formula is C27H33F3O3. The Morgan fingerprint density at radius 2 is 1.76 bits per heavy atom. The van der Waals surface area contributed by atoms with Crippen molar-refractivity contribution in [2.24, 2.45) is 34.5 Å². The summed E-state index contributed by atoms with van der Waals surface area (Å²) in [5.74, 6) is 2.00. The third-order valence-electron chi connectivity index (χ3n) is 9.73. The summed E-state index contributed by atoms with van der Waals surface area (Å²) in [6.45, 7) is 4.57. The molecule has 0 unspecified atom stereocenters. The van der Waals surface area contributed by atoms with Crippen LogP contribution in [0.4, 0.5) is 13.2 Å². The molecular weight excluding hydrogens is 429 g/mol. The normalized spacial score (nSPS) is 41.9. The second kappa shape index (κ2) is 7.86. The molecule has 4 saturated carbocycles. The molecule has 0 aromatic heterocycles. The van der Waals surface area contributed by atoms with E-state index in [1.807, 2.05) is 6.08 Å². The molecule has 7 atom stereocenters. The van der Waals surface area contributed by atoms with Crippen LogP contribution in [-0.4, -0.2) is 23.4 Å². The number of halogens is 3. The van der Waals surface area contributed by atoms with E-state index in [9.17, 15) is 23.1 Å². The topological polar surface area (TPSA) is 46.5 Å². The van der Waals surface area contributed by atoms with Crippen LogP contribution >= 0.6 is 0 Å². The molecule has 0 amide bonds. The first kappa shape index (κ1) is 22.9. The molecule has 0 radical (unpaired) electrons. The van der Waals surface area contributed by atoms with E-state index in [1.54, 1.807) is 12.1 Å². The molecule has 4 fully saturated rings. The Kier molecular flexibility index (Phi) is 5.47. The minimum absolute atomic E-state index is 0.163. The quantitative estimate of drug-likeness (QED) is 0.507. The van der Waals surface area contributed by atoms with Gasteiger partial charge in [-0.15, -0.1) is 13.2 Å². The van der Waals surface area contributed by atoms with Crippen LogP contribution in [0, 0.1) is 34.5 Å². The van der Waals surface area contributed by atoms with Crippen molar-refractivity contribution in [3.8, 4) is 5.75 Å². The number of Topliss-reactive ketones (excluding diaryl/α,β-unsaturated/α-hetero) is 1. The Bertz CT molecular complexity index is 952. The molecule has 0 bridgehead atoms. The summed E-state index contributed by atoms with van der Waals surface area (Å²) in [5.41, 5.74) is 1.44. The summed E-state index contributed by atoms with van der Waals surface area (Å²) >= 11 is 0. The minimum Gasteiger partial charge on any atom is -0.406 e. The SMILES string of the molecule is C[C@]12CC[C@H](O)C[C@H]1CC[C@@H]1[C@@H]2CC[C@]2(C)C(=O)/C(=C/c3ccc(OC(F)(F)F)cc3)C[C@@H]12. The first-order valence-electron chi connectivity index (χ1n) is 12.3. The summed E-state index contributed by atoms with van der Waals surface area (Å²) in [6, 6.07) is 5.75. The van der Waals surface area contributed by atoms with Gasteiger partial charge in [0.2, 0.25) is 0 Å². The van der Waals surface area contributed by atoms with Crippen LogP contribution in [0.3, 0.4) is 0 Å². The van der Waals surface area contributed by atoms with Gasteiger partial charge in [0.1, 0.15) is 5.75 Å². The number of rotatable bonds is 2. The van der Waals surface area contributed by atoms with Crippen LogP contribution in [0.15, 0.2) is 29.8 Å². The highest BCUT2D eigenvalue weighted by Crippen LogP contribution is 2.66. The lowest BCUT2D eigenvalue weighted by Gasteiger charge is -2.59. The number of aliphatic hydroxyl groups is 1. The maximum Gasteiger partial charge on any atom is 0.573 e. The molecule has 6 heteroatoms. The van der Waals surface area contributed by atoms with Crippen LogP contribution < -0.4 is 4.74 Å². The Morgan fingerprint density at radius 1 is 1.03 bits per heavy atom. The number of allylic oxidation sites excluding steroid dienone is 1. The number of alkyl halides is 3. The molecule has 33 heavy (non-hydrogen) atoms. The fraction of sp³-hybridized carbons (Fsp3) is 0.667. The average Bonchev–Trinajstić information content (AvgIpc) is 2.99. The van der Waals surface area contributed by atoms with Crippen molar-refractivity contribution < 1.29 is 27.8 Å². The first-order chi connectivity index (χ1) is 15.5. The largest absolute Gasteiger partial charge is 0.573 e. The maximum absolute atomic E-state index is 13.5. The van der Waals surface area contributed by atoms with Crippen molar-refractivity contribution >= 4 is 11.9 Å². The van der Waals surface area contributed by atoms with Gasteiger partial charge < -0.3 is 9.84 Å². The third-order valence-corrected chi connectivity index (χ3v) is 9.73. The number of hydrogen-bond acceptors (Lipinski definition) is 3. The Balaban J connectivity index is 1.37. The molecule has 3 nitrogen and oxygen atoms in total. The zero-order valence-electron chi connectivity index (χ0n) is 19.3. The van der Waals surface area contributed by atoms with E-state index >= 15 is 0 Å². The molecule has 1 aromatic carbocycles. The molecule has 0 heterocycles. The van der Waals surface area contributed by atoms with Gasteiger partial charge in [0.15, 0.2) is 5.78 Å². The highest BCUT2D eigenvalue weighted by molar-refractivity contribution is 6.05. The number of carbonyl (C=O) groups is 1. The van der Waals surface area contributed by atoms with Crippen LogP contribution in [-0.2, 0) is 4.79 Å². The minimum atomic E-state index is -4.71. The number of hydrogen-bond donors (Lipinski definition) is 1. The summed E-state index contributed by atoms with van der Waals surface area (Å²) in [6.07, 6.45) is 4.85. The average molecular weight is 463 g/mol. The molecule has 180 valence electrons. The van der Waals surface area contributed by atoms with Crippen molar-refractivity contribution in [3.63, 3.8) is 0 Å². The van der Waals surface area contributed by atoms with Gasteiger partial charge >= 0.3 is 6.36 Å². The number of aliphatic hydroxyl groups excluding tert-OH is 1. The lowest BCUT2D eigenvalue weighted by Crippen LogP contribution is -2.54. The number of carbonyl (C=O) groups excluding carboxylic acids is 1. The Morgan fingerprint density at radius 3 is 2.45 bits per heavy atom. The molecule has 5 rings (SSSR count). The van der Waals surface area contributed by atoms with Gasteiger partial charge in [0.25, 0.3) is 0 Å². The van der Waals surface area contributed by atoms with E-state index in [2.05, 4.69) is 18.6 Å². The van der Waals surface area contributed by atoms with Crippen molar-refractivity contribution in [3.05, 3.63) is 35.4 Å². The molecule has 0 spiro atoms. The van der Waals surface area contributed by atoms with E-state index in [4.69, 9.17) is 0 Å². The van der Waals surface area contributed by atoms with Gasteiger partial charge in [-0.2, -0.15) is 0 Å². The lowest BCUT2D eigenvalue weighted by molar-refractivity contribution is -0.274. The summed E-state index contributed by atoms with van der Waals surface area (Å²) < 4.78 is 41.2. The van der Waals surface area contributed by atoms with Gasteiger partial charge in [0.05, 0.1) is 6.10 Å². The highest BCUT2D eigenvalue weighted by atomic mass is 19.4. The van der Waals surface area contributed by atoms with Crippen LogP contribution in [0.25, 0.3) is 6.08 Å². The van der Waals surface area contributed by atoms with Crippen molar-refractivity contribution in [2.75, 3.05) is 0 Å². The summed E-state index contributed by atoms with van der Waals surface area (Å²) in [5, 5.41) is 10.2. The molecule has 0 aliphatic heterocycles. The van der Waals surface area contributed by atoms with Crippen molar-refractivity contribution in [1.29, 1.82) is 0 Å². The van der Waals surface area contributed by atoms with E-state index in [0.29, 0.717) is 23.7 Å². The molecule has 4 aliphatic rings. The zero-order chi connectivity index (χ0) is 23.6. The monoisotopic (exact) mass is 462 g/mol. The number of ether oxygens (including phenoxy) is 1. The van der Waals surface area contributed by atoms with Gasteiger partial charge in [-0.1, -0.05) is 26.0 Å². The Hall–Kier alpha value is -1.82. The fourth-order valence-electron chi connectivity index (χ4n) is 8.00. The number of benzene rings is 1. The first-order valence-corrected chi connectivity index (χ1v) is 12.3. The van der Waals surface area contributed by atoms with E-state index in [0.717, 1.165) is 62.5 Å². The number of fused-ring (bicyclic) bond motifs is 5. The lowest BCUT2D eigenvalue weighted by atomic mass is 9.45. The number of ketones is 1. The Labute approximate surface area is 193 Å². The van der Waals surface area contributed by atoms with Gasteiger partial charge in [0, 0.05) is 5.41 Å². The van der Waals surface area contributed by atoms with Crippen LogP contribution in [0.1, 0.15) is 70.8 Å². The standard InChI is InChI=1S/C27H33F3O3/c1-25-11-9-19(31)15-18(25)5-8-21-22(25)10-12-26(2)23(21)14-17(24(26)32)13-16-3-6-20(7-4-16)33-27(28,29)30/h3-4,6-7,13,18-19,21-23,31H,5,8-12,14-15H2,1-2H3/b17-13+/t18-,19+,21-,22+,23+,25+,26+/m1/s1. The van der Waals surface area contributed by atoms with Gasteiger partial charge in [-0.25, -0.2) is 0 Å². The van der Waals surface area contributed by atoms with Crippen LogP contribution in [0.5, 0.6) is 5.75 Å². The molecule has 4 aliphatic carbocycles. The van der Waals surface area contributed by atoms with Crippen molar-refractivity contribution in [2.45, 2.75) is 77.7 Å². The second-order valence-corrected chi connectivity index (χ2v) is 11.4. The van der Waals surface area contributed by atoms with Crippen molar-refractivity contribution in [1.82, 2.24) is 0 Å². The predicted octanol–water partition coefficient (Wildman–Crippen LogP) is 6.55. The predicted molar refractivity (Wildman–Crippen MR) is 119 cm³/mol. The van der Waals surface area contributed by atoms with E-state index < -0.39 is 6.36 Å². The molecule has 1 N–H and O–H groups in total. The summed E-state index contributed by atoms with van der Waals surface area (Å²) in [4.78, 5) is 13.5. The molecule has 0 saturated heterocycles. The zero-order valence-corrected chi connectivity index (χ0v) is 19.3. The van der Waals surface area contributed by atoms with Gasteiger partial charge in [-0.3, -0.25) is 4.79 Å². The fourth-order valence-corrected chi connectivity index (χ4v) is 8.00.